The Labute approximate surface area is 130 Å². The van der Waals surface area contributed by atoms with Gasteiger partial charge in [0, 0.05) is 12.1 Å². The van der Waals surface area contributed by atoms with E-state index in [2.05, 4.69) is 35.2 Å². The first-order chi connectivity index (χ1) is 10.1. The van der Waals surface area contributed by atoms with E-state index in [-0.39, 0.29) is 5.92 Å². The second-order valence-electron chi connectivity index (χ2n) is 5.07. The molecule has 0 aliphatic heterocycles. The lowest BCUT2D eigenvalue weighted by Crippen LogP contribution is -2.10. The number of aromatic nitrogens is 2. The third-order valence-corrected chi connectivity index (χ3v) is 3.59. The molecule has 0 unspecified atom stereocenters. The Hall–Kier alpha value is -1.81. The average molecular weight is 306 g/mol. The molecule has 1 aromatic heterocycles. The minimum Gasteiger partial charge on any atom is -0.496 e. The first kappa shape index (κ1) is 15.6. The number of benzene rings is 1. The van der Waals surface area contributed by atoms with Gasteiger partial charge in [-0.1, -0.05) is 43.6 Å². The van der Waals surface area contributed by atoms with Crippen molar-refractivity contribution < 1.29 is 4.74 Å². The van der Waals surface area contributed by atoms with Crippen molar-refractivity contribution in [1.82, 2.24) is 9.97 Å². The van der Waals surface area contributed by atoms with E-state index in [4.69, 9.17) is 16.3 Å². The highest BCUT2D eigenvalue weighted by molar-refractivity contribution is 6.30. The van der Waals surface area contributed by atoms with E-state index in [0.717, 1.165) is 30.1 Å². The molecule has 0 amide bonds. The molecule has 0 aliphatic rings. The molecule has 1 heterocycles. The molecule has 0 radical (unpaired) electrons. The van der Waals surface area contributed by atoms with E-state index < -0.39 is 0 Å². The van der Waals surface area contributed by atoms with Crippen LogP contribution in [0.2, 0.25) is 5.15 Å². The molecule has 0 saturated heterocycles. The Morgan fingerprint density at radius 1 is 1.24 bits per heavy atom. The summed E-state index contributed by atoms with van der Waals surface area (Å²) < 4.78 is 5.35. The summed E-state index contributed by atoms with van der Waals surface area (Å²) in [7, 11) is 1.69. The van der Waals surface area contributed by atoms with Crippen molar-refractivity contribution in [3.8, 4) is 5.75 Å². The summed E-state index contributed by atoms with van der Waals surface area (Å²) in [5.41, 5.74) is 2.12. The van der Waals surface area contributed by atoms with E-state index in [9.17, 15) is 0 Å². The fraction of sp³-hybridized carbons (Fsp3) is 0.375. The monoisotopic (exact) mass is 305 g/mol. The molecule has 0 saturated carbocycles. The van der Waals surface area contributed by atoms with Crippen LogP contribution in [0.4, 0.5) is 5.82 Å². The van der Waals surface area contributed by atoms with Gasteiger partial charge in [-0.2, -0.15) is 0 Å². The number of anilines is 1. The molecule has 0 aliphatic carbocycles. The van der Waals surface area contributed by atoms with Gasteiger partial charge in [-0.3, -0.25) is 0 Å². The Bertz CT molecular complexity index is 602. The molecule has 112 valence electrons. The summed E-state index contributed by atoms with van der Waals surface area (Å²) in [5, 5.41) is 3.86. The van der Waals surface area contributed by atoms with Gasteiger partial charge in [-0.15, -0.1) is 0 Å². The van der Waals surface area contributed by atoms with Gasteiger partial charge in [0.2, 0.25) is 0 Å². The maximum atomic E-state index is 6.16. The fourth-order valence-corrected chi connectivity index (χ4v) is 2.60. The van der Waals surface area contributed by atoms with Gasteiger partial charge in [0.25, 0.3) is 0 Å². The number of para-hydroxylation sites is 1. The van der Waals surface area contributed by atoms with Crippen LogP contribution in [0.25, 0.3) is 0 Å². The van der Waals surface area contributed by atoms with Crippen LogP contribution in [-0.4, -0.2) is 23.6 Å². The van der Waals surface area contributed by atoms with Gasteiger partial charge >= 0.3 is 0 Å². The molecule has 4 nitrogen and oxygen atoms in total. The molecule has 0 atom stereocenters. The van der Waals surface area contributed by atoms with Crippen LogP contribution in [-0.2, 0) is 6.42 Å². The lowest BCUT2D eigenvalue weighted by Gasteiger charge is -2.14. The number of hydrogen-bond acceptors (Lipinski definition) is 4. The van der Waals surface area contributed by atoms with Crippen LogP contribution >= 0.6 is 11.6 Å². The number of hydrogen-bond donors (Lipinski definition) is 1. The quantitative estimate of drug-likeness (QED) is 0.822. The Morgan fingerprint density at radius 2 is 2.00 bits per heavy atom. The molecular formula is C16H20ClN3O. The number of methoxy groups -OCH3 is 1. The lowest BCUT2D eigenvalue weighted by molar-refractivity contribution is 0.410. The summed E-state index contributed by atoms with van der Waals surface area (Å²) in [6.07, 6.45) is 2.34. The van der Waals surface area contributed by atoms with Gasteiger partial charge in [0.05, 0.1) is 7.11 Å². The first-order valence-corrected chi connectivity index (χ1v) is 7.37. The topological polar surface area (TPSA) is 47.0 Å². The van der Waals surface area contributed by atoms with Crippen molar-refractivity contribution >= 4 is 17.4 Å². The molecule has 1 aromatic carbocycles. The molecule has 5 heteroatoms. The third-order valence-electron chi connectivity index (χ3n) is 3.29. The Kier molecular flexibility index (Phi) is 5.39. The summed E-state index contributed by atoms with van der Waals surface area (Å²) in [6.45, 7) is 4.92. The molecule has 2 rings (SSSR count). The maximum absolute atomic E-state index is 6.16. The largest absolute Gasteiger partial charge is 0.496 e. The van der Waals surface area contributed by atoms with Crippen LogP contribution in [0.5, 0.6) is 5.75 Å². The zero-order chi connectivity index (χ0) is 15.2. The lowest BCUT2D eigenvalue weighted by atomic mass is 10.1. The van der Waals surface area contributed by atoms with Crippen LogP contribution < -0.4 is 10.1 Å². The third kappa shape index (κ3) is 3.85. The average Bonchev–Trinajstić information content (AvgIpc) is 2.47. The minimum absolute atomic E-state index is 0.271. The Morgan fingerprint density at radius 3 is 2.71 bits per heavy atom. The molecule has 0 bridgehead atoms. The maximum Gasteiger partial charge on any atom is 0.138 e. The standard InChI is InChI=1S/C16H20ClN3O/c1-11(2)14-15(17)19-10-20-16(14)18-9-8-12-6-4-5-7-13(12)21-3/h4-7,10-11H,8-9H2,1-3H3,(H,18,19,20). The van der Waals surface area contributed by atoms with E-state index in [1.807, 2.05) is 18.2 Å². The zero-order valence-corrected chi connectivity index (χ0v) is 13.3. The van der Waals surface area contributed by atoms with Crippen LogP contribution in [0, 0.1) is 0 Å². The summed E-state index contributed by atoms with van der Waals surface area (Å²) in [4.78, 5) is 8.35. The number of nitrogens with zero attached hydrogens (tertiary/aromatic N) is 2. The predicted octanol–water partition coefficient (Wildman–Crippen LogP) is 3.92. The number of nitrogens with one attached hydrogen (secondary N) is 1. The number of halogens is 1. The van der Waals surface area contributed by atoms with E-state index in [0.29, 0.717) is 5.15 Å². The molecule has 2 aromatic rings. The van der Waals surface area contributed by atoms with Gasteiger partial charge in [-0.25, -0.2) is 9.97 Å². The summed E-state index contributed by atoms with van der Waals surface area (Å²) in [6, 6.07) is 8.02. The van der Waals surface area contributed by atoms with Crippen LogP contribution in [0.15, 0.2) is 30.6 Å². The summed E-state index contributed by atoms with van der Waals surface area (Å²) in [5.74, 6) is 1.98. The predicted molar refractivity (Wildman–Crippen MR) is 86.3 cm³/mol. The first-order valence-electron chi connectivity index (χ1n) is 6.99. The number of rotatable bonds is 6. The molecule has 21 heavy (non-hydrogen) atoms. The summed E-state index contributed by atoms with van der Waals surface area (Å²) >= 11 is 6.16. The van der Waals surface area contributed by atoms with Crippen molar-refractivity contribution in [2.75, 3.05) is 19.0 Å². The van der Waals surface area contributed by atoms with Crippen molar-refractivity contribution in [1.29, 1.82) is 0 Å². The van der Waals surface area contributed by atoms with Crippen molar-refractivity contribution in [2.45, 2.75) is 26.2 Å². The second kappa shape index (κ2) is 7.27. The van der Waals surface area contributed by atoms with E-state index in [1.54, 1.807) is 7.11 Å². The van der Waals surface area contributed by atoms with E-state index >= 15 is 0 Å². The van der Waals surface area contributed by atoms with Crippen molar-refractivity contribution in [3.05, 3.63) is 46.9 Å². The Balaban J connectivity index is 2.06. The zero-order valence-electron chi connectivity index (χ0n) is 12.6. The minimum atomic E-state index is 0.271. The van der Waals surface area contributed by atoms with Gasteiger partial charge in [0.15, 0.2) is 0 Å². The normalized spacial score (nSPS) is 10.7. The molecular weight excluding hydrogens is 286 g/mol. The highest BCUT2D eigenvalue weighted by Gasteiger charge is 2.13. The second-order valence-corrected chi connectivity index (χ2v) is 5.43. The van der Waals surface area contributed by atoms with Gasteiger partial charge < -0.3 is 10.1 Å². The molecule has 1 N–H and O–H groups in total. The highest BCUT2D eigenvalue weighted by atomic mass is 35.5. The fourth-order valence-electron chi connectivity index (χ4n) is 2.25. The van der Waals surface area contributed by atoms with Crippen LogP contribution in [0.1, 0.15) is 30.9 Å². The van der Waals surface area contributed by atoms with Gasteiger partial charge in [0.1, 0.15) is 23.0 Å². The number of ether oxygens (including phenoxy) is 1. The molecule has 0 fully saturated rings. The molecule has 0 spiro atoms. The van der Waals surface area contributed by atoms with Crippen LogP contribution in [0.3, 0.4) is 0 Å². The van der Waals surface area contributed by atoms with E-state index in [1.165, 1.54) is 11.9 Å². The SMILES string of the molecule is COc1ccccc1CCNc1ncnc(Cl)c1C(C)C. The van der Waals surface area contributed by atoms with Crippen molar-refractivity contribution in [3.63, 3.8) is 0 Å². The van der Waals surface area contributed by atoms with Crippen molar-refractivity contribution in [2.24, 2.45) is 0 Å². The smallest absolute Gasteiger partial charge is 0.138 e. The van der Waals surface area contributed by atoms with Gasteiger partial charge in [-0.05, 0) is 24.0 Å². The highest BCUT2D eigenvalue weighted by Crippen LogP contribution is 2.28.